The molecule has 6 heteroatoms. The van der Waals surface area contributed by atoms with Crippen LogP contribution in [0.3, 0.4) is 0 Å². The third kappa shape index (κ3) is 3.53. The monoisotopic (exact) mass is 349 g/mol. The van der Waals surface area contributed by atoms with E-state index in [2.05, 4.69) is 29.1 Å². The summed E-state index contributed by atoms with van der Waals surface area (Å²) in [5.41, 5.74) is 1.42. The van der Waals surface area contributed by atoms with Gasteiger partial charge in [-0.15, -0.1) is 11.3 Å². The Morgan fingerprint density at radius 2 is 2.35 bits per heavy atom. The quantitative estimate of drug-likeness (QED) is 0.658. The van der Waals surface area contributed by atoms with Gasteiger partial charge in [0.1, 0.15) is 16.2 Å². The van der Waals surface area contributed by atoms with Crippen molar-refractivity contribution in [1.29, 1.82) is 0 Å². The van der Waals surface area contributed by atoms with Crippen molar-refractivity contribution in [3.63, 3.8) is 0 Å². The largest absolute Gasteiger partial charge is 0.355 e. The van der Waals surface area contributed by atoms with Gasteiger partial charge < -0.3 is 5.32 Å². The molecule has 0 radical (unpaired) electrons. The number of carbonyl (C=O) groups excluding carboxylic acids is 1. The molecule has 0 saturated carbocycles. The Hall–Kier alpha value is -1.14. The molecule has 1 aliphatic carbocycles. The molecule has 1 aliphatic rings. The Morgan fingerprint density at radius 1 is 1.52 bits per heavy atom. The molecule has 1 amide bonds. The summed E-state index contributed by atoms with van der Waals surface area (Å²) >= 11 is 3.36. The summed E-state index contributed by atoms with van der Waals surface area (Å²) in [6.45, 7) is 7.05. The Kier molecular flexibility index (Phi) is 5.21. The molecular formula is C17H23N3OS2. The van der Waals surface area contributed by atoms with Crippen LogP contribution in [0.15, 0.2) is 11.4 Å². The average Bonchev–Trinajstić information content (AvgIpc) is 2.90. The van der Waals surface area contributed by atoms with Crippen LogP contribution in [0.5, 0.6) is 0 Å². The fourth-order valence-electron chi connectivity index (χ4n) is 2.95. The SMILES string of the molecule is CCCNC(=O)[C@@H](C)Sc1ncnc2sc3c(c12)CC[C@@H](C)C3. The number of hydrogen-bond donors (Lipinski definition) is 1. The topological polar surface area (TPSA) is 54.9 Å². The lowest BCUT2D eigenvalue weighted by Gasteiger charge is -2.18. The van der Waals surface area contributed by atoms with Gasteiger partial charge in [0, 0.05) is 16.8 Å². The van der Waals surface area contributed by atoms with Gasteiger partial charge in [0.15, 0.2) is 0 Å². The molecule has 3 rings (SSSR count). The van der Waals surface area contributed by atoms with E-state index in [4.69, 9.17) is 0 Å². The Balaban J connectivity index is 1.88. The zero-order valence-corrected chi connectivity index (χ0v) is 15.5. The van der Waals surface area contributed by atoms with Crippen molar-refractivity contribution < 1.29 is 4.79 Å². The highest BCUT2D eigenvalue weighted by Crippen LogP contribution is 2.41. The van der Waals surface area contributed by atoms with E-state index in [1.165, 1.54) is 22.2 Å². The zero-order valence-electron chi connectivity index (χ0n) is 13.9. The van der Waals surface area contributed by atoms with Crippen molar-refractivity contribution in [2.75, 3.05) is 6.54 Å². The third-order valence-corrected chi connectivity index (χ3v) is 6.53. The number of thioether (sulfide) groups is 1. The fraction of sp³-hybridized carbons (Fsp3) is 0.588. The molecular weight excluding hydrogens is 326 g/mol. The molecule has 23 heavy (non-hydrogen) atoms. The van der Waals surface area contributed by atoms with Crippen LogP contribution in [0.4, 0.5) is 0 Å². The van der Waals surface area contributed by atoms with Crippen LogP contribution in [0.2, 0.25) is 0 Å². The maximum atomic E-state index is 12.1. The Labute approximate surface area is 145 Å². The van der Waals surface area contributed by atoms with Crippen LogP contribution in [-0.4, -0.2) is 27.7 Å². The van der Waals surface area contributed by atoms with E-state index in [0.29, 0.717) is 0 Å². The van der Waals surface area contributed by atoms with Gasteiger partial charge in [0.25, 0.3) is 0 Å². The molecule has 124 valence electrons. The summed E-state index contributed by atoms with van der Waals surface area (Å²) in [4.78, 5) is 23.6. The Morgan fingerprint density at radius 3 is 3.13 bits per heavy atom. The predicted octanol–water partition coefficient (Wildman–Crippen LogP) is 3.82. The molecule has 4 nitrogen and oxygen atoms in total. The summed E-state index contributed by atoms with van der Waals surface area (Å²) in [6.07, 6.45) is 6.06. The summed E-state index contributed by atoms with van der Waals surface area (Å²) in [5.74, 6) is 0.833. The number of hydrogen-bond acceptors (Lipinski definition) is 5. The molecule has 2 heterocycles. The van der Waals surface area contributed by atoms with Crippen LogP contribution in [0.1, 0.15) is 44.1 Å². The highest BCUT2D eigenvalue weighted by atomic mass is 32.2. The van der Waals surface area contributed by atoms with Crippen molar-refractivity contribution >= 4 is 39.2 Å². The molecule has 2 atom stereocenters. The van der Waals surface area contributed by atoms with Crippen molar-refractivity contribution in [1.82, 2.24) is 15.3 Å². The summed E-state index contributed by atoms with van der Waals surface area (Å²) in [5, 5.41) is 4.97. The molecule has 0 bridgehead atoms. The van der Waals surface area contributed by atoms with E-state index in [1.54, 1.807) is 29.4 Å². The van der Waals surface area contributed by atoms with Gasteiger partial charge in [-0.2, -0.15) is 0 Å². The number of aryl methyl sites for hydroxylation is 1. The molecule has 0 saturated heterocycles. The van der Waals surface area contributed by atoms with Crippen LogP contribution < -0.4 is 5.32 Å². The number of rotatable bonds is 5. The maximum absolute atomic E-state index is 12.1. The minimum atomic E-state index is -0.141. The highest BCUT2D eigenvalue weighted by Gasteiger charge is 2.24. The summed E-state index contributed by atoms with van der Waals surface area (Å²) in [6, 6.07) is 0. The average molecular weight is 350 g/mol. The fourth-order valence-corrected chi connectivity index (χ4v) is 5.33. The maximum Gasteiger partial charge on any atom is 0.233 e. The second-order valence-corrected chi connectivity index (χ2v) is 8.67. The number of carbonyl (C=O) groups is 1. The predicted molar refractivity (Wildman–Crippen MR) is 97.2 cm³/mol. The number of nitrogens with one attached hydrogen (secondary N) is 1. The van der Waals surface area contributed by atoms with Crippen molar-refractivity contribution in [2.24, 2.45) is 5.92 Å². The van der Waals surface area contributed by atoms with Gasteiger partial charge in [0.05, 0.1) is 5.25 Å². The van der Waals surface area contributed by atoms with E-state index >= 15 is 0 Å². The van der Waals surface area contributed by atoms with Crippen LogP contribution in [0.25, 0.3) is 10.2 Å². The molecule has 0 aromatic carbocycles. The van der Waals surface area contributed by atoms with Gasteiger partial charge in [0.2, 0.25) is 5.91 Å². The first-order chi connectivity index (χ1) is 11.1. The van der Waals surface area contributed by atoms with Gasteiger partial charge in [-0.05, 0) is 44.1 Å². The third-order valence-electron chi connectivity index (χ3n) is 4.26. The van der Waals surface area contributed by atoms with Crippen LogP contribution in [-0.2, 0) is 17.6 Å². The number of thiophene rings is 1. The molecule has 2 aromatic rings. The van der Waals surface area contributed by atoms with E-state index in [9.17, 15) is 4.79 Å². The van der Waals surface area contributed by atoms with E-state index in [-0.39, 0.29) is 11.2 Å². The number of fused-ring (bicyclic) bond motifs is 3. The number of aromatic nitrogens is 2. The zero-order chi connectivity index (χ0) is 16.4. The van der Waals surface area contributed by atoms with Gasteiger partial charge >= 0.3 is 0 Å². The smallest absolute Gasteiger partial charge is 0.233 e. The lowest BCUT2D eigenvalue weighted by Crippen LogP contribution is -2.31. The minimum Gasteiger partial charge on any atom is -0.355 e. The second-order valence-electron chi connectivity index (χ2n) is 6.26. The lowest BCUT2D eigenvalue weighted by atomic mass is 9.89. The standard InChI is InChI=1S/C17H23N3OS2/c1-4-7-18-15(21)11(3)22-16-14-12-6-5-10(2)8-13(12)23-17(14)20-9-19-16/h9-11H,4-8H2,1-3H3,(H,18,21)/t10-,11-/m1/s1. The molecule has 0 fully saturated rings. The lowest BCUT2D eigenvalue weighted by molar-refractivity contribution is -0.120. The van der Waals surface area contributed by atoms with Crippen LogP contribution in [0, 0.1) is 5.92 Å². The van der Waals surface area contributed by atoms with Gasteiger partial charge in [-0.3, -0.25) is 4.79 Å². The first kappa shape index (κ1) is 16.7. The number of nitrogens with zero attached hydrogens (tertiary/aromatic N) is 2. The van der Waals surface area contributed by atoms with E-state index < -0.39 is 0 Å². The van der Waals surface area contributed by atoms with Gasteiger partial charge in [-0.25, -0.2) is 9.97 Å². The molecule has 0 spiro atoms. The van der Waals surface area contributed by atoms with Crippen LogP contribution >= 0.6 is 23.1 Å². The normalized spacial score (nSPS) is 18.7. The van der Waals surface area contributed by atoms with E-state index in [0.717, 1.165) is 41.6 Å². The minimum absolute atomic E-state index is 0.0846. The molecule has 0 aliphatic heterocycles. The van der Waals surface area contributed by atoms with Gasteiger partial charge in [-0.1, -0.05) is 25.6 Å². The highest BCUT2D eigenvalue weighted by molar-refractivity contribution is 8.00. The first-order valence-electron chi connectivity index (χ1n) is 8.29. The van der Waals surface area contributed by atoms with Crippen molar-refractivity contribution in [3.05, 3.63) is 16.8 Å². The number of amides is 1. The second kappa shape index (κ2) is 7.18. The van der Waals surface area contributed by atoms with Crippen molar-refractivity contribution in [3.8, 4) is 0 Å². The molecule has 2 aromatic heterocycles. The first-order valence-corrected chi connectivity index (χ1v) is 9.99. The Bertz CT molecular complexity index is 713. The summed E-state index contributed by atoms with van der Waals surface area (Å²) < 4.78 is 0. The van der Waals surface area contributed by atoms with E-state index in [1.807, 2.05) is 6.92 Å². The molecule has 1 N–H and O–H groups in total. The van der Waals surface area contributed by atoms with Crippen molar-refractivity contribution in [2.45, 2.75) is 56.7 Å². The summed E-state index contributed by atoms with van der Waals surface area (Å²) in [7, 11) is 0. The molecule has 0 unspecified atom stereocenters.